The molecule has 7 heteroatoms. The number of nitrogens with one attached hydrogen (secondary N) is 1. The number of anilines is 1. The van der Waals surface area contributed by atoms with Gasteiger partial charge in [0.2, 0.25) is 0 Å². The van der Waals surface area contributed by atoms with E-state index in [-0.39, 0.29) is 16.8 Å². The molecule has 0 saturated heterocycles. The number of rotatable bonds is 3. The molecule has 0 bridgehead atoms. The maximum atomic E-state index is 12.9. The minimum Gasteiger partial charge on any atom is -0.376 e. The normalized spacial score (nSPS) is 13.3. The fourth-order valence-corrected chi connectivity index (χ4v) is 2.49. The standard InChI is InChI=1S/C12H10ClF3N2S/c1-7(10-5-17-6-19-10)18-11-8(12(14,15)16)3-2-4-9(11)13/h2-7,18H,1H3. The van der Waals surface area contributed by atoms with Gasteiger partial charge in [-0.15, -0.1) is 11.3 Å². The Balaban J connectivity index is 2.34. The lowest BCUT2D eigenvalue weighted by Gasteiger charge is -2.19. The van der Waals surface area contributed by atoms with E-state index in [1.807, 2.05) is 0 Å². The van der Waals surface area contributed by atoms with Gasteiger partial charge < -0.3 is 5.32 Å². The Kier molecular flexibility index (Phi) is 4.01. The molecule has 2 nitrogen and oxygen atoms in total. The van der Waals surface area contributed by atoms with Crippen LogP contribution in [-0.2, 0) is 6.18 Å². The van der Waals surface area contributed by atoms with Crippen molar-refractivity contribution in [3.05, 3.63) is 45.4 Å². The smallest absolute Gasteiger partial charge is 0.376 e. The van der Waals surface area contributed by atoms with Crippen LogP contribution in [0.1, 0.15) is 23.4 Å². The van der Waals surface area contributed by atoms with E-state index >= 15 is 0 Å². The van der Waals surface area contributed by atoms with Crippen LogP contribution in [0.2, 0.25) is 5.02 Å². The molecule has 1 aromatic heterocycles. The molecule has 1 N–H and O–H groups in total. The van der Waals surface area contributed by atoms with Gasteiger partial charge in [0.15, 0.2) is 0 Å². The summed E-state index contributed by atoms with van der Waals surface area (Å²) in [7, 11) is 0. The van der Waals surface area contributed by atoms with Gasteiger partial charge in [0, 0.05) is 11.1 Å². The second-order valence-corrected chi connectivity index (χ2v) is 5.26. The fourth-order valence-electron chi connectivity index (χ4n) is 1.63. The molecule has 0 radical (unpaired) electrons. The van der Waals surface area contributed by atoms with Gasteiger partial charge in [-0.25, -0.2) is 0 Å². The summed E-state index contributed by atoms with van der Waals surface area (Å²) in [6.45, 7) is 1.76. The van der Waals surface area contributed by atoms with E-state index in [4.69, 9.17) is 11.6 Å². The minimum absolute atomic E-state index is 0.0474. The summed E-state index contributed by atoms with van der Waals surface area (Å²) < 4.78 is 38.7. The Morgan fingerprint density at radius 3 is 2.68 bits per heavy atom. The third-order valence-corrected chi connectivity index (χ3v) is 3.83. The molecule has 0 aliphatic carbocycles. The SMILES string of the molecule is CC(Nc1c(Cl)cccc1C(F)(F)F)c1cncs1. The first-order chi connectivity index (χ1) is 8.89. The van der Waals surface area contributed by atoms with Crippen LogP contribution in [0.5, 0.6) is 0 Å². The van der Waals surface area contributed by atoms with Gasteiger partial charge in [-0.05, 0) is 19.1 Å². The number of aromatic nitrogens is 1. The Labute approximate surface area is 117 Å². The fraction of sp³-hybridized carbons (Fsp3) is 0.250. The van der Waals surface area contributed by atoms with Gasteiger partial charge in [0.25, 0.3) is 0 Å². The minimum atomic E-state index is -4.44. The van der Waals surface area contributed by atoms with Crippen LogP contribution in [0, 0.1) is 0 Å². The van der Waals surface area contributed by atoms with Crippen LogP contribution < -0.4 is 5.32 Å². The van der Waals surface area contributed by atoms with E-state index in [1.54, 1.807) is 18.6 Å². The molecule has 0 amide bonds. The highest BCUT2D eigenvalue weighted by molar-refractivity contribution is 7.09. The van der Waals surface area contributed by atoms with E-state index in [0.717, 1.165) is 10.9 Å². The topological polar surface area (TPSA) is 24.9 Å². The number of hydrogen-bond acceptors (Lipinski definition) is 3. The lowest BCUT2D eigenvalue weighted by molar-refractivity contribution is -0.137. The zero-order valence-corrected chi connectivity index (χ0v) is 11.4. The Morgan fingerprint density at radius 2 is 2.11 bits per heavy atom. The second kappa shape index (κ2) is 5.38. The average Bonchev–Trinajstić information content (AvgIpc) is 2.83. The third kappa shape index (κ3) is 3.19. The summed E-state index contributed by atoms with van der Waals surface area (Å²) in [5.74, 6) is 0. The van der Waals surface area contributed by atoms with Gasteiger partial charge >= 0.3 is 6.18 Å². The highest BCUT2D eigenvalue weighted by Crippen LogP contribution is 2.40. The summed E-state index contributed by atoms with van der Waals surface area (Å²) in [6.07, 6.45) is -2.83. The Morgan fingerprint density at radius 1 is 1.37 bits per heavy atom. The number of alkyl halides is 3. The van der Waals surface area contributed by atoms with Crippen molar-refractivity contribution in [2.24, 2.45) is 0 Å². The lowest BCUT2D eigenvalue weighted by atomic mass is 10.1. The van der Waals surface area contributed by atoms with Crippen molar-refractivity contribution in [3.8, 4) is 0 Å². The molecular weight excluding hydrogens is 297 g/mol. The van der Waals surface area contributed by atoms with Crippen LogP contribution in [-0.4, -0.2) is 4.98 Å². The molecule has 1 heterocycles. The zero-order valence-electron chi connectivity index (χ0n) is 9.83. The number of nitrogens with zero attached hydrogens (tertiary/aromatic N) is 1. The molecule has 1 aromatic carbocycles. The summed E-state index contributed by atoms with van der Waals surface area (Å²) >= 11 is 7.24. The van der Waals surface area contributed by atoms with Gasteiger partial charge in [-0.2, -0.15) is 13.2 Å². The van der Waals surface area contributed by atoms with E-state index in [0.29, 0.717) is 0 Å². The maximum absolute atomic E-state index is 12.9. The van der Waals surface area contributed by atoms with Crippen LogP contribution in [0.25, 0.3) is 0 Å². The van der Waals surface area contributed by atoms with Crippen molar-refractivity contribution in [1.82, 2.24) is 4.98 Å². The Bertz CT molecular complexity index is 555. The van der Waals surface area contributed by atoms with Crippen molar-refractivity contribution in [2.45, 2.75) is 19.1 Å². The molecule has 19 heavy (non-hydrogen) atoms. The van der Waals surface area contributed by atoms with E-state index in [2.05, 4.69) is 10.3 Å². The van der Waals surface area contributed by atoms with Crippen LogP contribution in [0.3, 0.4) is 0 Å². The average molecular weight is 307 g/mol. The molecule has 0 aliphatic heterocycles. The van der Waals surface area contributed by atoms with Crippen LogP contribution >= 0.6 is 22.9 Å². The Hall–Kier alpha value is -1.27. The second-order valence-electron chi connectivity index (χ2n) is 3.93. The number of halogens is 4. The molecule has 0 saturated carbocycles. The number of thiazole rings is 1. The van der Waals surface area contributed by atoms with E-state index in [1.165, 1.54) is 23.5 Å². The number of benzene rings is 1. The number of hydrogen-bond donors (Lipinski definition) is 1. The van der Waals surface area contributed by atoms with Crippen molar-refractivity contribution < 1.29 is 13.2 Å². The molecule has 2 aromatic rings. The largest absolute Gasteiger partial charge is 0.418 e. The van der Waals surface area contributed by atoms with E-state index < -0.39 is 11.7 Å². The monoisotopic (exact) mass is 306 g/mol. The van der Waals surface area contributed by atoms with Gasteiger partial charge in [-0.1, -0.05) is 17.7 Å². The van der Waals surface area contributed by atoms with Crippen molar-refractivity contribution in [3.63, 3.8) is 0 Å². The van der Waals surface area contributed by atoms with Crippen LogP contribution in [0.15, 0.2) is 29.9 Å². The summed E-state index contributed by atoms with van der Waals surface area (Å²) in [4.78, 5) is 4.74. The quantitative estimate of drug-likeness (QED) is 0.864. The predicted molar refractivity (Wildman–Crippen MR) is 70.6 cm³/mol. The first kappa shape index (κ1) is 14.1. The summed E-state index contributed by atoms with van der Waals surface area (Å²) in [5, 5.41) is 2.85. The highest BCUT2D eigenvalue weighted by atomic mass is 35.5. The molecular formula is C12H10ClF3N2S. The molecule has 1 unspecified atom stereocenters. The maximum Gasteiger partial charge on any atom is 0.418 e. The zero-order chi connectivity index (χ0) is 14.0. The molecule has 1 atom stereocenters. The van der Waals surface area contributed by atoms with Crippen molar-refractivity contribution in [1.29, 1.82) is 0 Å². The molecule has 102 valence electrons. The predicted octanol–water partition coefficient (Wildman–Crippen LogP) is 4.99. The van der Waals surface area contributed by atoms with Gasteiger partial charge in [-0.3, -0.25) is 4.98 Å². The molecule has 0 fully saturated rings. The summed E-state index contributed by atoms with van der Waals surface area (Å²) in [5.41, 5.74) is 0.763. The first-order valence-corrected chi connectivity index (χ1v) is 6.66. The van der Waals surface area contributed by atoms with Crippen LogP contribution in [0.4, 0.5) is 18.9 Å². The van der Waals surface area contributed by atoms with E-state index in [9.17, 15) is 13.2 Å². The van der Waals surface area contributed by atoms with Crippen molar-refractivity contribution >= 4 is 28.6 Å². The highest BCUT2D eigenvalue weighted by Gasteiger charge is 2.34. The van der Waals surface area contributed by atoms with Crippen molar-refractivity contribution in [2.75, 3.05) is 5.32 Å². The summed E-state index contributed by atoms with van der Waals surface area (Å²) in [6, 6.07) is 3.42. The number of para-hydroxylation sites is 1. The molecule has 0 aliphatic rings. The first-order valence-electron chi connectivity index (χ1n) is 5.40. The molecule has 0 spiro atoms. The van der Waals surface area contributed by atoms with Gasteiger partial charge in [0.1, 0.15) is 0 Å². The molecule has 2 rings (SSSR count). The lowest BCUT2D eigenvalue weighted by Crippen LogP contribution is -2.13. The van der Waals surface area contributed by atoms with Gasteiger partial charge in [0.05, 0.1) is 27.8 Å². The third-order valence-electron chi connectivity index (χ3n) is 2.56.